The highest BCUT2D eigenvalue weighted by molar-refractivity contribution is 5.54. The van der Waals surface area contributed by atoms with E-state index in [9.17, 15) is 5.11 Å². The van der Waals surface area contributed by atoms with E-state index in [2.05, 4.69) is 5.32 Å². The lowest BCUT2D eigenvalue weighted by Gasteiger charge is -2.09. The van der Waals surface area contributed by atoms with Crippen LogP contribution in [0.4, 0.5) is 0 Å². The van der Waals surface area contributed by atoms with Gasteiger partial charge in [-0.05, 0) is 12.2 Å². The third kappa shape index (κ3) is 1.07. The molecule has 0 amide bonds. The van der Waals surface area contributed by atoms with Crippen molar-refractivity contribution in [2.45, 2.75) is 0 Å². The van der Waals surface area contributed by atoms with Crippen molar-refractivity contribution in [2.75, 3.05) is 0 Å². The van der Waals surface area contributed by atoms with Crippen molar-refractivity contribution in [3.63, 3.8) is 0 Å². The number of dihydropyridines is 1. The maximum Gasteiger partial charge on any atom is 0.123 e. The summed E-state index contributed by atoms with van der Waals surface area (Å²) in [5, 5.41) is 12.5. The summed E-state index contributed by atoms with van der Waals surface area (Å²) in [6.07, 6.45) is 12.8. The van der Waals surface area contributed by atoms with Gasteiger partial charge >= 0.3 is 0 Å². The molecule has 1 heterocycles. The van der Waals surface area contributed by atoms with Gasteiger partial charge in [-0.3, -0.25) is 0 Å². The number of hydrogen-bond donors (Lipinski definition) is 2. The zero-order valence-electron chi connectivity index (χ0n) is 6.49. The van der Waals surface area contributed by atoms with E-state index in [0.717, 1.165) is 11.1 Å². The first-order valence-corrected chi connectivity index (χ1v) is 3.79. The van der Waals surface area contributed by atoms with Crippen molar-refractivity contribution < 1.29 is 5.11 Å². The fraction of sp³-hybridized carbons (Fsp3) is 0. The molecule has 0 aromatic carbocycles. The molecule has 0 saturated heterocycles. The molecule has 0 radical (unpaired) electrons. The minimum absolute atomic E-state index is 0.309. The predicted octanol–water partition coefficient (Wildman–Crippen LogP) is 1.93. The van der Waals surface area contributed by atoms with E-state index in [4.69, 9.17) is 0 Å². The van der Waals surface area contributed by atoms with Gasteiger partial charge in [-0.2, -0.15) is 0 Å². The van der Waals surface area contributed by atoms with Gasteiger partial charge in [0.15, 0.2) is 0 Å². The number of nitrogens with one attached hydrogen (secondary N) is 1. The van der Waals surface area contributed by atoms with Gasteiger partial charge in [0.25, 0.3) is 0 Å². The molecule has 0 fully saturated rings. The van der Waals surface area contributed by atoms with Crippen molar-refractivity contribution >= 4 is 0 Å². The van der Waals surface area contributed by atoms with E-state index in [1.165, 1.54) is 0 Å². The van der Waals surface area contributed by atoms with Gasteiger partial charge < -0.3 is 10.4 Å². The summed E-state index contributed by atoms with van der Waals surface area (Å²) >= 11 is 0. The topological polar surface area (TPSA) is 32.3 Å². The Labute approximate surface area is 70.9 Å². The molecule has 2 N–H and O–H groups in total. The van der Waals surface area contributed by atoms with E-state index >= 15 is 0 Å². The Bertz CT molecular complexity index is 343. The van der Waals surface area contributed by atoms with Gasteiger partial charge in [0, 0.05) is 23.5 Å². The van der Waals surface area contributed by atoms with Crippen LogP contribution in [0, 0.1) is 0 Å². The summed E-state index contributed by atoms with van der Waals surface area (Å²) in [5.74, 6) is 0.309. The molecular formula is C10H9NO. The maximum atomic E-state index is 9.52. The molecule has 0 saturated carbocycles. The molecule has 1 aliphatic heterocycles. The summed E-state index contributed by atoms with van der Waals surface area (Å²) in [6.45, 7) is 0. The highest BCUT2D eigenvalue weighted by Crippen LogP contribution is 2.21. The fourth-order valence-corrected chi connectivity index (χ4v) is 1.21. The number of aliphatic hydroxyl groups excluding tert-OH is 1. The fourth-order valence-electron chi connectivity index (χ4n) is 1.21. The summed E-state index contributed by atoms with van der Waals surface area (Å²) in [4.78, 5) is 0. The van der Waals surface area contributed by atoms with Gasteiger partial charge in [0.2, 0.25) is 0 Å². The van der Waals surface area contributed by atoms with Crippen LogP contribution >= 0.6 is 0 Å². The quantitative estimate of drug-likeness (QED) is 0.566. The van der Waals surface area contributed by atoms with E-state index < -0.39 is 0 Å². The number of rotatable bonds is 0. The van der Waals surface area contributed by atoms with Crippen LogP contribution in [0.25, 0.3) is 0 Å². The number of allylic oxidation sites excluding steroid dienone is 7. The highest BCUT2D eigenvalue weighted by Gasteiger charge is 2.08. The normalized spacial score (nSPS) is 19.8. The van der Waals surface area contributed by atoms with Crippen molar-refractivity contribution in [3.8, 4) is 0 Å². The third-order valence-electron chi connectivity index (χ3n) is 1.81. The molecule has 2 heteroatoms. The molecule has 0 spiro atoms. The van der Waals surface area contributed by atoms with Gasteiger partial charge in [-0.15, -0.1) is 0 Å². The standard InChI is InChI=1S/C10H9NO/c12-10-4-2-1-3-8-7-11-6-5-9(8)10/h1-7,11-12H. The lowest BCUT2D eigenvalue weighted by molar-refractivity contribution is 0.428. The Morgan fingerprint density at radius 1 is 1.08 bits per heavy atom. The first-order valence-electron chi connectivity index (χ1n) is 3.79. The lowest BCUT2D eigenvalue weighted by Crippen LogP contribution is -2.03. The van der Waals surface area contributed by atoms with E-state index in [1.807, 2.05) is 30.5 Å². The molecule has 60 valence electrons. The lowest BCUT2D eigenvalue weighted by atomic mass is 10.0. The predicted molar refractivity (Wildman–Crippen MR) is 48.3 cm³/mol. The summed E-state index contributed by atoms with van der Waals surface area (Å²) in [6, 6.07) is 0. The second kappa shape index (κ2) is 2.74. The van der Waals surface area contributed by atoms with E-state index in [1.54, 1.807) is 12.3 Å². The minimum atomic E-state index is 0.309. The molecule has 2 aliphatic rings. The zero-order valence-corrected chi connectivity index (χ0v) is 6.49. The van der Waals surface area contributed by atoms with Crippen LogP contribution < -0.4 is 5.32 Å². The largest absolute Gasteiger partial charge is 0.507 e. The van der Waals surface area contributed by atoms with Crippen LogP contribution in [0.3, 0.4) is 0 Å². The van der Waals surface area contributed by atoms with Crippen molar-refractivity contribution in [2.24, 2.45) is 0 Å². The molecule has 0 aromatic heterocycles. The molecule has 0 unspecified atom stereocenters. The van der Waals surface area contributed by atoms with Crippen molar-refractivity contribution in [1.29, 1.82) is 0 Å². The van der Waals surface area contributed by atoms with Gasteiger partial charge in [-0.25, -0.2) is 0 Å². The SMILES string of the molecule is OC1=C2C=CNC=C2C=CC=C1. The van der Waals surface area contributed by atoms with Crippen molar-refractivity contribution in [3.05, 3.63) is 59.7 Å². The Balaban J connectivity index is 2.53. The molecule has 0 atom stereocenters. The molecule has 12 heavy (non-hydrogen) atoms. The van der Waals surface area contributed by atoms with Crippen molar-refractivity contribution in [1.82, 2.24) is 5.32 Å². The molecular weight excluding hydrogens is 150 g/mol. The van der Waals surface area contributed by atoms with Crippen LogP contribution in [0.5, 0.6) is 0 Å². The second-order valence-corrected chi connectivity index (χ2v) is 2.62. The molecule has 0 aromatic rings. The smallest absolute Gasteiger partial charge is 0.123 e. The molecule has 1 aliphatic carbocycles. The average molecular weight is 159 g/mol. The monoisotopic (exact) mass is 159 g/mol. The van der Waals surface area contributed by atoms with Gasteiger partial charge in [0.05, 0.1) is 0 Å². The summed E-state index contributed by atoms with van der Waals surface area (Å²) in [5.41, 5.74) is 1.86. The zero-order chi connectivity index (χ0) is 8.39. The van der Waals surface area contributed by atoms with E-state index in [0.29, 0.717) is 5.76 Å². The Morgan fingerprint density at radius 3 is 2.83 bits per heavy atom. The number of fused-ring (bicyclic) bond motifs is 1. The molecule has 0 bridgehead atoms. The Kier molecular flexibility index (Phi) is 1.59. The highest BCUT2D eigenvalue weighted by atomic mass is 16.3. The number of aliphatic hydroxyl groups is 1. The number of hydrogen-bond acceptors (Lipinski definition) is 2. The van der Waals surface area contributed by atoms with Crippen LogP contribution in [-0.2, 0) is 0 Å². The second-order valence-electron chi connectivity index (χ2n) is 2.62. The third-order valence-corrected chi connectivity index (χ3v) is 1.81. The molecule has 2 nitrogen and oxygen atoms in total. The van der Waals surface area contributed by atoms with Crippen LogP contribution in [0.15, 0.2) is 59.7 Å². The first kappa shape index (κ1) is 6.98. The maximum absolute atomic E-state index is 9.52. The van der Waals surface area contributed by atoms with Gasteiger partial charge in [-0.1, -0.05) is 18.2 Å². The Hall–Kier alpha value is -1.70. The Morgan fingerprint density at radius 2 is 1.92 bits per heavy atom. The summed E-state index contributed by atoms with van der Waals surface area (Å²) in [7, 11) is 0. The average Bonchev–Trinajstić information content (AvgIpc) is 2.29. The van der Waals surface area contributed by atoms with Crippen LogP contribution in [-0.4, -0.2) is 5.11 Å². The summed E-state index contributed by atoms with van der Waals surface area (Å²) < 4.78 is 0. The van der Waals surface area contributed by atoms with Crippen LogP contribution in [0.1, 0.15) is 0 Å². The van der Waals surface area contributed by atoms with Crippen LogP contribution in [0.2, 0.25) is 0 Å². The van der Waals surface area contributed by atoms with E-state index in [-0.39, 0.29) is 0 Å². The van der Waals surface area contributed by atoms with Gasteiger partial charge in [0.1, 0.15) is 5.76 Å². The first-order chi connectivity index (χ1) is 5.88. The molecule has 2 rings (SSSR count). The minimum Gasteiger partial charge on any atom is -0.507 e.